The van der Waals surface area contributed by atoms with Crippen molar-refractivity contribution in [2.75, 3.05) is 33.4 Å². The molecule has 3 nitrogen and oxygen atoms in total. The summed E-state index contributed by atoms with van der Waals surface area (Å²) in [6.07, 6.45) is 1.75. The molecule has 0 fully saturated rings. The second-order valence-corrected chi connectivity index (χ2v) is 3.28. The van der Waals surface area contributed by atoms with Crippen LogP contribution in [0.2, 0.25) is 0 Å². The van der Waals surface area contributed by atoms with Crippen molar-refractivity contribution in [1.82, 2.24) is 10.2 Å². The molecule has 1 aliphatic rings. The van der Waals surface area contributed by atoms with Crippen LogP contribution in [0.25, 0.3) is 0 Å². The van der Waals surface area contributed by atoms with E-state index in [2.05, 4.69) is 10.2 Å². The lowest BCUT2D eigenvalue weighted by molar-refractivity contribution is 0.257. The van der Waals surface area contributed by atoms with E-state index in [0.717, 1.165) is 37.3 Å². The third kappa shape index (κ3) is 2.88. The molecule has 3 N–H and O–H groups in total. The lowest BCUT2D eigenvalue weighted by atomic mass is 10.2. The number of rotatable bonds is 3. The number of nitrogens with two attached hydrogens (primary N) is 1. The van der Waals surface area contributed by atoms with Gasteiger partial charge in [-0.1, -0.05) is 0 Å². The van der Waals surface area contributed by atoms with Gasteiger partial charge in [-0.05, 0) is 0 Å². The van der Waals surface area contributed by atoms with Gasteiger partial charge >= 0.3 is 0 Å². The van der Waals surface area contributed by atoms with E-state index in [1.165, 1.54) is 0 Å². The highest BCUT2D eigenvalue weighted by Crippen LogP contribution is 2.11. The molecule has 4 heteroatoms. The maximum absolute atomic E-state index is 12.1. The van der Waals surface area contributed by atoms with Gasteiger partial charge in [-0.2, -0.15) is 0 Å². The van der Waals surface area contributed by atoms with Crippen LogP contribution in [0.1, 0.15) is 12.8 Å². The van der Waals surface area contributed by atoms with Gasteiger partial charge in [-0.15, -0.1) is 0 Å². The van der Waals surface area contributed by atoms with Crippen molar-refractivity contribution >= 4 is 0 Å². The Morgan fingerprint density at radius 2 is 2.15 bits per heavy atom. The quantitative estimate of drug-likeness (QED) is 0.673. The highest BCUT2D eigenvalue weighted by Gasteiger charge is 2.12. The van der Waals surface area contributed by atoms with Crippen LogP contribution in [0.3, 0.4) is 0 Å². The van der Waals surface area contributed by atoms with Crippen LogP contribution in [0, 0.1) is 0 Å². The van der Waals surface area contributed by atoms with E-state index >= 15 is 0 Å². The highest BCUT2D eigenvalue weighted by atomic mass is 19.1. The number of alkyl halides is 1. The molecule has 0 aliphatic carbocycles. The molecular formula is C9H18FN3. The highest BCUT2D eigenvalue weighted by molar-refractivity contribution is 5.11. The van der Waals surface area contributed by atoms with E-state index in [1.54, 1.807) is 0 Å². The molecule has 0 atom stereocenters. The Kier molecular flexibility index (Phi) is 4.02. The summed E-state index contributed by atoms with van der Waals surface area (Å²) in [5.74, 6) is 0. The first-order valence-corrected chi connectivity index (χ1v) is 4.71. The second kappa shape index (κ2) is 5.07. The number of hydrogen-bond acceptors (Lipinski definition) is 3. The van der Waals surface area contributed by atoms with Crippen LogP contribution in [-0.2, 0) is 0 Å². The fourth-order valence-corrected chi connectivity index (χ4v) is 1.60. The van der Waals surface area contributed by atoms with E-state index in [1.807, 2.05) is 7.05 Å². The maximum atomic E-state index is 12.1. The molecule has 0 unspecified atom stereocenters. The summed E-state index contributed by atoms with van der Waals surface area (Å²) >= 11 is 0. The van der Waals surface area contributed by atoms with Gasteiger partial charge in [0.1, 0.15) is 6.67 Å². The largest absolute Gasteiger partial charge is 0.401 e. The third-order valence-corrected chi connectivity index (χ3v) is 2.47. The van der Waals surface area contributed by atoms with Gasteiger partial charge < -0.3 is 11.1 Å². The molecule has 0 bridgehead atoms. The molecule has 13 heavy (non-hydrogen) atoms. The summed E-state index contributed by atoms with van der Waals surface area (Å²) in [4.78, 5) is 2.11. The normalized spacial score (nSPS) is 20.2. The zero-order valence-corrected chi connectivity index (χ0v) is 8.15. The monoisotopic (exact) mass is 187 g/mol. The van der Waals surface area contributed by atoms with Crippen LogP contribution in [0.4, 0.5) is 4.39 Å². The molecule has 1 heterocycles. The molecule has 0 aromatic rings. The minimum atomic E-state index is -0.269. The van der Waals surface area contributed by atoms with Gasteiger partial charge in [0.2, 0.25) is 0 Å². The van der Waals surface area contributed by atoms with E-state index in [0.29, 0.717) is 6.54 Å². The lowest BCUT2D eigenvalue weighted by Gasteiger charge is -2.17. The Bertz CT molecular complexity index is 191. The van der Waals surface area contributed by atoms with Gasteiger partial charge in [-0.3, -0.25) is 4.90 Å². The number of nitrogens with zero attached hydrogens (tertiary/aromatic N) is 1. The molecule has 0 saturated carbocycles. The summed E-state index contributed by atoms with van der Waals surface area (Å²) in [5, 5.41) is 3.09. The molecule has 1 aliphatic heterocycles. The molecule has 0 spiro atoms. The zero-order valence-electron chi connectivity index (χ0n) is 8.15. The Morgan fingerprint density at radius 1 is 1.46 bits per heavy atom. The SMILES string of the molecule is CNC1=C(N)CCN(CCF)CC1. The first-order valence-electron chi connectivity index (χ1n) is 4.71. The van der Waals surface area contributed by atoms with E-state index < -0.39 is 0 Å². The minimum Gasteiger partial charge on any atom is -0.401 e. The summed E-state index contributed by atoms with van der Waals surface area (Å²) in [7, 11) is 1.88. The van der Waals surface area contributed by atoms with E-state index in [4.69, 9.17) is 5.73 Å². The number of hydrogen-bond donors (Lipinski definition) is 2. The molecule has 1 rings (SSSR count). The Morgan fingerprint density at radius 3 is 2.77 bits per heavy atom. The average molecular weight is 187 g/mol. The number of nitrogens with one attached hydrogen (secondary N) is 1. The van der Waals surface area contributed by atoms with E-state index in [-0.39, 0.29) is 6.67 Å². The van der Waals surface area contributed by atoms with Crippen molar-refractivity contribution in [3.63, 3.8) is 0 Å². The molecule has 0 saturated heterocycles. The van der Waals surface area contributed by atoms with E-state index in [9.17, 15) is 4.39 Å². The minimum absolute atomic E-state index is 0.269. The van der Waals surface area contributed by atoms with Gasteiger partial charge in [0.15, 0.2) is 0 Å². The second-order valence-electron chi connectivity index (χ2n) is 3.28. The third-order valence-electron chi connectivity index (χ3n) is 2.47. The van der Waals surface area contributed by atoms with Crippen molar-refractivity contribution in [2.24, 2.45) is 5.73 Å². The van der Waals surface area contributed by atoms with Crippen LogP contribution in [0.5, 0.6) is 0 Å². The summed E-state index contributed by atoms with van der Waals surface area (Å²) in [6, 6.07) is 0. The van der Waals surface area contributed by atoms with Crippen molar-refractivity contribution in [1.29, 1.82) is 0 Å². The predicted octanol–water partition coefficient (Wildman–Crippen LogP) is 0.441. The molecule has 76 valence electrons. The van der Waals surface area contributed by atoms with Gasteiger partial charge in [-0.25, -0.2) is 4.39 Å². The lowest BCUT2D eigenvalue weighted by Crippen LogP contribution is -2.27. The van der Waals surface area contributed by atoms with Gasteiger partial charge in [0.05, 0.1) is 0 Å². The predicted molar refractivity (Wildman–Crippen MR) is 51.9 cm³/mol. The Balaban J connectivity index is 2.47. The van der Waals surface area contributed by atoms with Gasteiger partial charge in [0.25, 0.3) is 0 Å². The van der Waals surface area contributed by atoms with Crippen LogP contribution < -0.4 is 11.1 Å². The molecule has 0 amide bonds. The van der Waals surface area contributed by atoms with Crippen molar-refractivity contribution in [2.45, 2.75) is 12.8 Å². The summed E-state index contributed by atoms with van der Waals surface area (Å²) in [5.41, 5.74) is 7.88. The maximum Gasteiger partial charge on any atom is 0.102 e. The molecule has 0 radical (unpaired) electrons. The van der Waals surface area contributed by atoms with Crippen molar-refractivity contribution in [3.8, 4) is 0 Å². The smallest absolute Gasteiger partial charge is 0.102 e. The average Bonchev–Trinajstić information content (AvgIpc) is 2.30. The van der Waals surface area contributed by atoms with Gasteiger partial charge in [0, 0.05) is 50.9 Å². The first-order chi connectivity index (χ1) is 6.27. The Labute approximate surface area is 78.8 Å². The number of halogens is 1. The first kappa shape index (κ1) is 10.3. The topological polar surface area (TPSA) is 41.3 Å². The molecular weight excluding hydrogens is 169 g/mol. The fraction of sp³-hybridized carbons (Fsp3) is 0.778. The zero-order chi connectivity index (χ0) is 9.68. The van der Waals surface area contributed by atoms with Crippen LogP contribution >= 0.6 is 0 Å². The molecule has 0 aromatic heterocycles. The molecule has 0 aromatic carbocycles. The van der Waals surface area contributed by atoms with Crippen LogP contribution in [0.15, 0.2) is 11.4 Å². The fourth-order valence-electron chi connectivity index (χ4n) is 1.60. The Hall–Kier alpha value is -0.770. The van der Waals surface area contributed by atoms with Crippen molar-refractivity contribution in [3.05, 3.63) is 11.4 Å². The van der Waals surface area contributed by atoms with Crippen molar-refractivity contribution < 1.29 is 4.39 Å². The standard InChI is InChI=1S/C9H18FN3/c1-12-9-3-6-13(7-4-10)5-2-8(9)11/h12H,2-7,11H2,1H3. The van der Waals surface area contributed by atoms with Crippen LogP contribution in [-0.4, -0.2) is 38.3 Å². The summed E-state index contributed by atoms with van der Waals surface area (Å²) in [6.45, 7) is 2.04. The summed E-state index contributed by atoms with van der Waals surface area (Å²) < 4.78 is 12.1.